The molecule has 2 unspecified atom stereocenters. The van der Waals surface area contributed by atoms with E-state index in [1.807, 2.05) is 0 Å². The lowest BCUT2D eigenvalue weighted by Gasteiger charge is -2.23. The molecule has 0 aliphatic carbocycles. The predicted molar refractivity (Wildman–Crippen MR) is 67.9 cm³/mol. The van der Waals surface area contributed by atoms with Gasteiger partial charge in [-0.1, -0.05) is 0 Å². The van der Waals surface area contributed by atoms with Gasteiger partial charge in [0.1, 0.15) is 0 Å². The minimum absolute atomic E-state index is 0.0719. The van der Waals surface area contributed by atoms with Crippen LogP contribution in [0.15, 0.2) is 0 Å². The van der Waals surface area contributed by atoms with E-state index in [1.54, 1.807) is 11.8 Å². The highest BCUT2D eigenvalue weighted by molar-refractivity contribution is 5.77. The minimum Gasteiger partial charge on any atom is -0.479 e. The summed E-state index contributed by atoms with van der Waals surface area (Å²) in [5.41, 5.74) is -0.731. The highest BCUT2D eigenvalue weighted by atomic mass is 16.5. The smallest absolute Gasteiger partial charge is 0.334 e. The Morgan fingerprint density at radius 3 is 2.68 bits per heavy atom. The zero-order valence-electron chi connectivity index (χ0n) is 11.4. The van der Waals surface area contributed by atoms with E-state index in [-0.39, 0.29) is 12.6 Å². The monoisotopic (exact) mass is 274 g/mol. The molecule has 1 rings (SSSR count). The summed E-state index contributed by atoms with van der Waals surface area (Å²) in [7, 11) is 1.29. The molecule has 0 saturated carbocycles. The Bertz CT molecular complexity index is 332. The number of rotatable bonds is 4. The average Bonchev–Trinajstić information content (AvgIpc) is 2.50. The Kier molecular flexibility index (Phi) is 5.56. The second-order valence-electron chi connectivity index (χ2n) is 5.09. The molecule has 110 valence electrons. The average molecular weight is 274 g/mol. The molecule has 0 radical (unpaired) electrons. The highest BCUT2D eigenvalue weighted by Crippen LogP contribution is 2.21. The van der Waals surface area contributed by atoms with Crippen molar-refractivity contribution in [1.82, 2.24) is 10.2 Å². The second kappa shape index (κ2) is 6.72. The highest BCUT2D eigenvalue weighted by Gasteiger charge is 2.27. The molecule has 2 amide bonds. The Morgan fingerprint density at radius 2 is 2.11 bits per heavy atom. The molecule has 0 aromatic rings. The van der Waals surface area contributed by atoms with Gasteiger partial charge in [-0.05, 0) is 26.2 Å². The lowest BCUT2D eigenvalue weighted by atomic mass is 9.98. The standard InChI is InChI=1S/C12H22N2O5/c1-12(18)4-3-6-14(7-5-12)11(17)13-8-9(19-2)10(15)16/h9,18H,3-8H2,1-2H3,(H,13,17)(H,15,16). The van der Waals surface area contributed by atoms with Crippen LogP contribution in [0.3, 0.4) is 0 Å². The van der Waals surface area contributed by atoms with Crippen molar-refractivity contribution in [2.24, 2.45) is 0 Å². The molecule has 19 heavy (non-hydrogen) atoms. The molecule has 0 spiro atoms. The molecule has 3 N–H and O–H groups in total. The summed E-state index contributed by atoms with van der Waals surface area (Å²) in [5, 5.41) is 21.3. The van der Waals surface area contributed by atoms with Crippen LogP contribution in [-0.4, -0.2) is 65.6 Å². The maximum atomic E-state index is 11.9. The molecule has 1 aliphatic rings. The molecular weight excluding hydrogens is 252 g/mol. The van der Waals surface area contributed by atoms with Gasteiger partial charge in [0.05, 0.1) is 12.1 Å². The quantitative estimate of drug-likeness (QED) is 0.672. The Labute approximate surface area is 112 Å². The summed E-state index contributed by atoms with van der Waals surface area (Å²) in [4.78, 5) is 24.2. The van der Waals surface area contributed by atoms with Gasteiger partial charge in [-0.3, -0.25) is 0 Å². The van der Waals surface area contributed by atoms with Crippen molar-refractivity contribution in [3.05, 3.63) is 0 Å². The van der Waals surface area contributed by atoms with Crippen molar-refractivity contribution < 1.29 is 24.5 Å². The Hall–Kier alpha value is -1.34. The Morgan fingerprint density at radius 1 is 1.42 bits per heavy atom. The zero-order chi connectivity index (χ0) is 14.5. The first-order valence-electron chi connectivity index (χ1n) is 6.36. The number of urea groups is 1. The summed E-state index contributed by atoms with van der Waals surface area (Å²) < 4.78 is 4.73. The van der Waals surface area contributed by atoms with Crippen LogP contribution >= 0.6 is 0 Å². The summed E-state index contributed by atoms with van der Waals surface area (Å²) in [6, 6.07) is -0.319. The van der Waals surface area contributed by atoms with E-state index in [4.69, 9.17) is 9.84 Å². The number of hydrogen-bond acceptors (Lipinski definition) is 4. The molecule has 0 aromatic heterocycles. The van der Waals surface area contributed by atoms with Gasteiger partial charge >= 0.3 is 12.0 Å². The number of carbonyl (C=O) groups excluding carboxylic acids is 1. The summed E-state index contributed by atoms with van der Waals surface area (Å²) >= 11 is 0. The van der Waals surface area contributed by atoms with Crippen LogP contribution < -0.4 is 5.32 Å². The van der Waals surface area contributed by atoms with Gasteiger partial charge in [-0.15, -0.1) is 0 Å². The maximum Gasteiger partial charge on any atom is 0.334 e. The van der Waals surface area contributed by atoms with E-state index in [9.17, 15) is 14.7 Å². The van der Waals surface area contributed by atoms with Crippen LogP contribution in [0.4, 0.5) is 4.79 Å². The Balaban J connectivity index is 2.43. The minimum atomic E-state index is -1.11. The number of aliphatic carboxylic acids is 1. The van der Waals surface area contributed by atoms with Crippen molar-refractivity contribution in [2.75, 3.05) is 26.7 Å². The lowest BCUT2D eigenvalue weighted by Crippen LogP contribution is -2.45. The third-order valence-corrected chi connectivity index (χ3v) is 3.35. The third kappa shape index (κ3) is 5.04. The van der Waals surface area contributed by atoms with Crippen LogP contribution in [0, 0.1) is 0 Å². The molecule has 7 heteroatoms. The number of likely N-dealkylation sites (tertiary alicyclic amines) is 1. The molecule has 0 bridgehead atoms. The number of amides is 2. The zero-order valence-corrected chi connectivity index (χ0v) is 11.4. The van der Waals surface area contributed by atoms with E-state index < -0.39 is 17.7 Å². The first-order valence-corrected chi connectivity index (χ1v) is 6.36. The second-order valence-corrected chi connectivity index (χ2v) is 5.09. The van der Waals surface area contributed by atoms with Crippen molar-refractivity contribution in [1.29, 1.82) is 0 Å². The van der Waals surface area contributed by atoms with Gasteiger partial charge in [0.25, 0.3) is 0 Å². The fourth-order valence-corrected chi connectivity index (χ4v) is 2.03. The predicted octanol–water partition coefficient (Wildman–Crippen LogP) is 0.0325. The largest absolute Gasteiger partial charge is 0.479 e. The number of aliphatic hydroxyl groups is 1. The molecule has 1 heterocycles. The van der Waals surface area contributed by atoms with E-state index >= 15 is 0 Å². The molecule has 2 atom stereocenters. The van der Waals surface area contributed by atoms with E-state index in [0.717, 1.165) is 6.42 Å². The van der Waals surface area contributed by atoms with Gasteiger partial charge < -0.3 is 25.2 Å². The van der Waals surface area contributed by atoms with E-state index in [2.05, 4.69) is 5.32 Å². The normalized spacial score (nSPS) is 25.5. The third-order valence-electron chi connectivity index (χ3n) is 3.35. The van der Waals surface area contributed by atoms with Crippen LogP contribution in [-0.2, 0) is 9.53 Å². The van der Waals surface area contributed by atoms with E-state index in [1.165, 1.54) is 7.11 Å². The fraction of sp³-hybridized carbons (Fsp3) is 0.833. The lowest BCUT2D eigenvalue weighted by molar-refractivity contribution is -0.148. The topological polar surface area (TPSA) is 99.1 Å². The van der Waals surface area contributed by atoms with E-state index in [0.29, 0.717) is 25.9 Å². The van der Waals surface area contributed by atoms with Gasteiger partial charge in [0.2, 0.25) is 0 Å². The number of nitrogens with one attached hydrogen (secondary N) is 1. The van der Waals surface area contributed by atoms with Gasteiger partial charge in [-0.2, -0.15) is 0 Å². The van der Waals surface area contributed by atoms with Gasteiger partial charge in [0, 0.05) is 20.2 Å². The summed E-state index contributed by atoms with van der Waals surface area (Å²) in [5.74, 6) is -1.11. The fourth-order valence-electron chi connectivity index (χ4n) is 2.03. The SMILES string of the molecule is COC(CNC(=O)N1CCCC(C)(O)CC1)C(=O)O. The molecule has 1 saturated heterocycles. The number of carboxylic acids is 1. The van der Waals surface area contributed by atoms with Crippen molar-refractivity contribution in [2.45, 2.75) is 37.9 Å². The number of hydrogen-bond donors (Lipinski definition) is 3. The number of ether oxygens (including phenoxy) is 1. The molecule has 1 aliphatic heterocycles. The van der Waals surface area contributed by atoms with Crippen molar-refractivity contribution in [3.63, 3.8) is 0 Å². The number of carboxylic acid groups (broad SMARTS) is 1. The number of methoxy groups -OCH3 is 1. The molecule has 7 nitrogen and oxygen atoms in total. The van der Waals surface area contributed by atoms with Crippen molar-refractivity contribution in [3.8, 4) is 0 Å². The van der Waals surface area contributed by atoms with Crippen LogP contribution in [0.2, 0.25) is 0 Å². The summed E-state index contributed by atoms with van der Waals surface area (Å²) in [6.07, 6.45) is 0.867. The molecule has 1 fully saturated rings. The van der Waals surface area contributed by atoms with Crippen LogP contribution in [0.1, 0.15) is 26.2 Å². The maximum absolute atomic E-state index is 11.9. The summed E-state index contributed by atoms with van der Waals surface area (Å²) in [6.45, 7) is 2.72. The van der Waals surface area contributed by atoms with Gasteiger partial charge in [0.15, 0.2) is 6.10 Å². The van der Waals surface area contributed by atoms with Crippen LogP contribution in [0.5, 0.6) is 0 Å². The van der Waals surface area contributed by atoms with Gasteiger partial charge in [-0.25, -0.2) is 9.59 Å². The van der Waals surface area contributed by atoms with Crippen molar-refractivity contribution >= 4 is 12.0 Å². The molecular formula is C12H22N2O5. The van der Waals surface area contributed by atoms with Crippen LogP contribution in [0.25, 0.3) is 0 Å². The first-order chi connectivity index (χ1) is 8.85. The first kappa shape index (κ1) is 15.7. The number of nitrogens with zero attached hydrogens (tertiary/aromatic N) is 1. The number of carbonyl (C=O) groups is 2. The molecule has 0 aromatic carbocycles.